The Labute approximate surface area is 232 Å². The standard InChI is InChI=1S/C28H30N4O7S/c1-28(2,3)38-27(35)32-11-10-18(16-32)23-14-20(13-19-12-17(15-29)8-9-21(19)23)25(22-6-4-5-7-24(22)33)31-26(34)39-40(30,36)37/h4-6,8-9,12-14,18,25H,7,10-11,16H2,1-3H3,(H,31,34)(H2,30,36,37)/t18-,25?/m1/s1. The zero-order valence-electron chi connectivity index (χ0n) is 22.3. The molecule has 0 spiro atoms. The second kappa shape index (κ2) is 11.1. The Morgan fingerprint density at radius 2 is 1.98 bits per heavy atom. The number of rotatable bonds is 5. The number of carbonyl (C=O) groups excluding carboxylic acids is 3. The minimum Gasteiger partial charge on any atom is -0.444 e. The van der Waals surface area contributed by atoms with Gasteiger partial charge in [-0.1, -0.05) is 30.4 Å². The zero-order valence-corrected chi connectivity index (χ0v) is 23.2. The first-order chi connectivity index (χ1) is 18.7. The van der Waals surface area contributed by atoms with Crippen molar-refractivity contribution in [3.63, 3.8) is 0 Å². The van der Waals surface area contributed by atoms with E-state index in [1.807, 2.05) is 12.1 Å². The Morgan fingerprint density at radius 1 is 1.23 bits per heavy atom. The van der Waals surface area contributed by atoms with Crippen LogP contribution in [0.3, 0.4) is 0 Å². The van der Waals surface area contributed by atoms with Crippen LogP contribution in [0.1, 0.15) is 62.3 Å². The summed E-state index contributed by atoms with van der Waals surface area (Å²) in [5.74, 6) is -0.386. The fourth-order valence-corrected chi connectivity index (χ4v) is 5.17. The molecule has 40 heavy (non-hydrogen) atoms. The smallest absolute Gasteiger partial charge is 0.424 e. The number of ketones is 1. The lowest BCUT2D eigenvalue weighted by Gasteiger charge is -2.25. The van der Waals surface area contributed by atoms with Gasteiger partial charge in [-0.05, 0) is 67.3 Å². The van der Waals surface area contributed by atoms with Crippen molar-refractivity contribution in [3.8, 4) is 6.07 Å². The summed E-state index contributed by atoms with van der Waals surface area (Å²) in [7, 11) is -4.60. The molecule has 2 aromatic rings. The van der Waals surface area contributed by atoms with Crippen LogP contribution in [0.15, 0.2) is 54.1 Å². The molecule has 1 heterocycles. The number of carbonyl (C=O) groups is 3. The molecule has 1 aliphatic carbocycles. The lowest BCUT2D eigenvalue weighted by atomic mass is 9.85. The maximum absolute atomic E-state index is 12.9. The minimum atomic E-state index is -4.60. The number of Topliss-reactive ketones (excluding diaryl/α,β-unsaturated/α-hetero) is 1. The predicted molar refractivity (Wildman–Crippen MR) is 146 cm³/mol. The summed E-state index contributed by atoms with van der Waals surface area (Å²) in [6, 6.07) is 9.81. The van der Waals surface area contributed by atoms with Gasteiger partial charge in [0.15, 0.2) is 5.78 Å². The van der Waals surface area contributed by atoms with Crippen molar-refractivity contribution in [3.05, 3.63) is 70.8 Å². The van der Waals surface area contributed by atoms with Crippen molar-refractivity contribution in [1.82, 2.24) is 10.2 Å². The average molecular weight is 567 g/mol. The molecule has 1 unspecified atom stereocenters. The highest BCUT2D eigenvalue weighted by atomic mass is 32.2. The number of hydrogen-bond acceptors (Lipinski definition) is 8. The Bertz CT molecular complexity index is 1580. The number of ether oxygens (including phenoxy) is 1. The molecular formula is C28H30N4O7S. The van der Waals surface area contributed by atoms with E-state index in [4.69, 9.17) is 9.88 Å². The van der Waals surface area contributed by atoms with Gasteiger partial charge in [-0.2, -0.15) is 18.8 Å². The lowest BCUT2D eigenvalue weighted by molar-refractivity contribution is -0.115. The number of nitrogens with one attached hydrogen (secondary N) is 1. The molecule has 12 heteroatoms. The summed E-state index contributed by atoms with van der Waals surface area (Å²) in [6.07, 6.45) is 3.84. The van der Waals surface area contributed by atoms with Crippen molar-refractivity contribution in [2.75, 3.05) is 13.1 Å². The van der Waals surface area contributed by atoms with E-state index in [0.29, 0.717) is 36.0 Å². The molecule has 2 aromatic carbocycles. The third-order valence-electron chi connectivity index (χ3n) is 6.55. The molecule has 1 aliphatic heterocycles. The zero-order chi connectivity index (χ0) is 29.2. The van der Waals surface area contributed by atoms with Crippen molar-refractivity contribution in [2.45, 2.75) is 51.2 Å². The van der Waals surface area contributed by atoms with Crippen LogP contribution in [-0.2, 0) is 24.0 Å². The van der Waals surface area contributed by atoms with Gasteiger partial charge in [0.1, 0.15) is 5.60 Å². The van der Waals surface area contributed by atoms with Crippen molar-refractivity contribution in [1.29, 1.82) is 5.26 Å². The molecule has 2 amide bonds. The van der Waals surface area contributed by atoms with Gasteiger partial charge >= 0.3 is 22.5 Å². The van der Waals surface area contributed by atoms with Gasteiger partial charge in [-0.3, -0.25) is 4.79 Å². The molecule has 0 aromatic heterocycles. The molecule has 2 aliphatic rings. The third kappa shape index (κ3) is 6.86. The average Bonchev–Trinajstić information content (AvgIpc) is 3.35. The van der Waals surface area contributed by atoms with E-state index in [1.54, 1.807) is 62.1 Å². The normalized spacial score (nSPS) is 18.2. The number of nitrogens with two attached hydrogens (primary N) is 1. The molecule has 3 N–H and O–H groups in total. The minimum absolute atomic E-state index is 0.0980. The highest BCUT2D eigenvalue weighted by Gasteiger charge is 2.33. The second-order valence-electron chi connectivity index (χ2n) is 10.7. The molecule has 0 bridgehead atoms. The molecular weight excluding hydrogens is 536 g/mol. The van der Waals surface area contributed by atoms with E-state index in [1.165, 1.54) is 0 Å². The van der Waals surface area contributed by atoms with E-state index in [0.717, 1.165) is 10.9 Å². The molecule has 1 fully saturated rings. The summed E-state index contributed by atoms with van der Waals surface area (Å²) >= 11 is 0. The number of likely N-dealkylation sites (tertiary alicyclic amines) is 1. The SMILES string of the molecule is CC(C)(C)OC(=O)N1CC[C@@H](c2cc(C(NC(=O)OS(N)(=O)=O)C3=CC=CCC3=O)cc3cc(C#N)ccc23)C1. The number of allylic oxidation sites excluding steroid dienone is 3. The topological polar surface area (TPSA) is 169 Å². The van der Waals surface area contributed by atoms with E-state index in [-0.39, 0.29) is 23.7 Å². The number of fused-ring (bicyclic) bond motifs is 1. The lowest BCUT2D eigenvalue weighted by Crippen LogP contribution is -2.35. The molecule has 11 nitrogen and oxygen atoms in total. The molecule has 4 rings (SSSR count). The fraction of sp³-hybridized carbons (Fsp3) is 0.357. The summed E-state index contributed by atoms with van der Waals surface area (Å²) in [5.41, 5.74) is 1.29. The Morgan fingerprint density at radius 3 is 2.62 bits per heavy atom. The first-order valence-electron chi connectivity index (χ1n) is 12.6. The summed E-state index contributed by atoms with van der Waals surface area (Å²) in [5, 5.41) is 18.3. The number of nitrogens with zero attached hydrogens (tertiary/aromatic N) is 2. The van der Waals surface area contributed by atoms with E-state index < -0.39 is 34.1 Å². The Kier molecular flexibility index (Phi) is 8.00. The first-order valence-corrected chi connectivity index (χ1v) is 14.1. The van der Waals surface area contributed by atoms with Crippen molar-refractivity contribution in [2.24, 2.45) is 5.14 Å². The first kappa shape index (κ1) is 28.8. The van der Waals surface area contributed by atoms with Crippen LogP contribution in [0, 0.1) is 11.3 Å². The Hall–Kier alpha value is -4.21. The number of benzene rings is 2. The van der Waals surface area contributed by atoms with Crippen LogP contribution in [0.25, 0.3) is 10.8 Å². The maximum atomic E-state index is 12.9. The van der Waals surface area contributed by atoms with Gasteiger partial charge in [0, 0.05) is 31.0 Å². The number of amides is 2. The highest BCUT2D eigenvalue weighted by Crippen LogP contribution is 2.37. The van der Waals surface area contributed by atoms with Gasteiger partial charge < -0.3 is 19.1 Å². The van der Waals surface area contributed by atoms with Crippen LogP contribution < -0.4 is 10.5 Å². The summed E-state index contributed by atoms with van der Waals surface area (Å²) in [4.78, 5) is 39.7. The van der Waals surface area contributed by atoms with Gasteiger partial charge in [0.25, 0.3) is 0 Å². The van der Waals surface area contributed by atoms with E-state index in [2.05, 4.69) is 15.6 Å². The van der Waals surface area contributed by atoms with Gasteiger partial charge in [0.05, 0.1) is 17.7 Å². The van der Waals surface area contributed by atoms with Gasteiger partial charge in [-0.15, -0.1) is 0 Å². The second-order valence-corrected chi connectivity index (χ2v) is 11.8. The molecule has 0 saturated carbocycles. The largest absolute Gasteiger partial charge is 0.444 e. The molecule has 2 atom stereocenters. The Balaban J connectivity index is 1.80. The molecule has 0 radical (unpaired) electrons. The maximum Gasteiger partial charge on any atom is 0.424 e. The van der Waals surface area contributed by atoms with Crippen molar-refractivity contribution >= 4 is 39.0 Å². The van der Waals surface area contributed by atoms with Gasteiger partial charge in [0.2, 0.25) is 0 Å². The molecule has 210 valence electrons. The van der Waals surface area contributed by atoms with Crippen LogP contribution in [-0.4, -0.2) is 50.0 Å². The number of hydrogen-bond donors (Lipinski definition) is 2. The molecule has 1 saturated heterocycles. The van der Waals surface area contributed by atoms with Crippen molar-refractivity contribution < 1.29 is 31.7 Å². The fourth-order valence-electron chi connectivity index (χ4n) is 4.91. The third-order valence-corrected chi connectivity index (χ3v) is 6.93. The quantitative estimate of drug-likeness (QED) is 0.550. The van der Waals surface area contributed by atoms with E-state index in [9.17, 15) is 28.1 Å². The number of nitriles is 1. The monoisotopic (exact) mass is 566 g/mol. The predicted octanol–water partition coefficient (Wildman–Crippen LogP) is 3.86. The van der Waals surface area contributed by atoms with E-state index >= 15 is 0 Å². The summed E-state index contributed by atoms with van der Waals surface area (Å²) < 4.78 is 32.6. The van der Waals surface area contributed by atoms with Crippen LogP contribution in [0.2, 0.25) is 0 Å². The van der Waals surface area contributed by atoms with Gasteiger partial charge in [-0.25, -0.2) is 9.59 Å². The summed E-state index contributed by atoms with van der Waals surface area (Å²) in [6.45, 7) is 6.24. The van der Waals surface area contributed by atoms with Crippen LogP contribution >= 0.6 is 0 Å². The van der Waals surface area contributed by atoms with Crippen LogP contribution in [0.4, 0.5) is 9.59 Å². The highest BCUT2D eigenvalue weighted by molar-refractivity contribution is 7.84. The van der Waals surface area contributed by atoms with Crippen LogP contribution in [0.5, 0.6) is 0 Å².